The monoisotopic (exact) mass is 417 g/mol. The Labute approximate surface area is 179 Å². The van der Waals surface area contributed by atoms with Crippen LogP contribution in [-0.2, 0) is 6.54 Å². The number of nitrogens with two attached hydrogens (primary N) is 1. The van der Waals surface area contributed by atoms with E-state index in [1.54, 1.807) is 28.8 Å². The molecule has 1 atom stereocenters. The van der Waals surface area contributed by atoms with Crippen molar-refractivity contribution in [2.24, 2.45) is 5.73 Å². The molecule has 0 spiro atoms. The van der Waals surface area contributed by atoms with Gasteiger partial charge in [-0.05, 0) is 31.0 Å². The largest absolute Gasteiger partial charge is 0.440 e. The highest BCUT2D eigenvalue weighted by molar-refractivity contribution is 6.31. The van der Waals surface area contributed by atoms with Crippen molar-refractivity contribution in [1.82, 2.24) is 4.57 Å². The highest BCUT2D eigenvalue weighted by atomic mass is 35.5. The summed E-state index contributed by atoms with van der Waals surface area (Å²) in [5, 5.41) is 10.2. The van der Waals surface area contributed by atoms with Gasteiger partial charge in [0.25, 0.3) is 5.56 Å². The molecule has 2 N–H and O–H groups in total. The van der Waals surface area contributed by atoms with E-state index in [-0.39, 0.29) is 17.0 Å². The maximum Gasteiger partial charge on any atom is 0.259 e. The lowest BCUT2D eigenvalue weighted by molar-refractivity contribution is 0.389. The van der Waals surface area contributed by atoms with Gasteiger partial charge in [-0.25, -0.2) is 0 Å². The van der Waals surface area contributed by atoms with Crippen LogP contribution in [0.3, 0.4) is 0 Å². The SMILES string of the molecule is Cc1ccc(Cn2c(C)cc3c(c2=O)C(c2ccccc2Cl)C(C#N)=C(N)O3)cc1. The van der Waals surface area contributed by atoms with Crippen LogP contribution in [0.15, 0.2) is 70.8 Å². The molecule has 1 unspecified atom stereocenters. The van der Waals surface area contributed by atoms with Crippen molar-refractivity contribution >= 4 is 11.6 Å². The summed E-state index contributed by atoms with van der Waals surface area (Å²) in [6.07, 6.45) is 0. The van der Waals surface area contributed by atoms with Gasteiger partial charge in [-0.2, -0.15) is 5.26 Å². The number of nitrogens with zero attached hydrogens (tertiary/aromatic N) is 2. The van der Waals surface area contributed by atoms with Crippen molar-refractivity contribution in [3.8, 4) is 11.8 Å². The Balaban J connectivity index is 1.93. The van der Waals surface area contributed by atoms with Crippen LogP contribution < -0.4 is 16.0 Å². The number of fused-ring (bicyclic) bond motifs is 1. The Morgan fingerprint density at radius 1 is 1.17 bits per heavy atom. The first-order chi connectivity index (χ1) is 14.4. The maximum absolute atomic E-state index is 13.6. The van der Waals surface area contributed by atoms with Crippen LogP contribution in [0.25, 0.3) is 0 Å². The number of hydrogen-bond acceptors (Lipinski definition) is 4. The van der Waals surface area contributed by atoms with Gasteiger partial charge in [0.1, 0.15) is 17.4 Å². The first-order valence-corrected chi connectivity index (χ1v) is 9.90. The van der Waals surface area contributed by atoms with Crippen LogP contribution in [0.4, 0.5) is 0 Å². The molecular formula is C24H20ClN3O2. The molecule has 0 radical (unpaired) electrons. The number of rotatable bonds is 3. The zero-order valence-electron chi connectivity index (χ0n) is 16.6. The quantitative estimate of drug-likeness (QED) is 0.685. The average molecular weight is 418 g/mol. The highest BCUT2D eigenvalue weighted by Crippen LogP contribution is 2.42. The third-order valence-electron chi connectivity index (χ3n) is 5.37. The molecule has 4 rings (SSSR count). The summed E-state index contributed by atoms with van der Waals surface area (Å²) in [4.78, 5) is 13.6. The molecule has 2 heterocycles. The topological polar surface area (TPSA) is 81.0 Å². The lowest BCUT2D eigenvalue weighted by Crippen LogP contribution is -2.33. The number of hydrogen-bond donors (Lipinski definition) is 1. The van der Waals surface area contributed by atoms with Crippen molar-refractivity contribution in [3.63, 3.8) is 0 Å². The Bertz CT molecular complexity index is 1270. The second kappa shape index (κ2) is 7.74. The van der Waals surface area contributed by atoms with Gasteiger partial charge in [0, 0.05) is 16.8 Å². The molecule has 150 valence electrons. The summed E-state index contributed by atoms with van der Waals surface area (Å²) < 4.78 is 7.38. The average Bonchev–Trinajstić information content (AvgIpc) is 2.72. The molecular weight excluding hydrogens is 398 g/mol. The first kappa shape index (κ1) is 19.8. The summed E-state index contributed by atoms with van der Waals surface area (Å²) in [5.41, 5.74) is 9.91. The minimum Gasteiger partial charge on any atom is -0.440 e. The van der Waals surface area contributed by atoms with Gasteiger partial charge in [0.2, 0.25) is 5.88 Å². The van der Waals surface area contributed by atoms with E-state index in [0.29, 0.717) is 28.4 Å². The molecule has 5 nitrogen and oxygen atoms in total. The maximum atomic E-state index is 13.6. The van der Waals surface area contributed by atoms with Gasteiger partial charge < -0.3 is 15.0 Å². The molecule has 0 bridgehead atoms. The molecule has 0 saturated heterocycles. The number of ether oxygens (including phenoxy) is 1. The van der Waals surface area contributed by atoms with E-state index >= 15 is 0 Å². The minimum atomic E-state index is -0.690. The van der Waals surface area contributed by atoms with E-state index in [2.05, 4.69) is 6.07 Å². The molecule has 1 aliphatic heterocycles. The first-order valence-electron chi connectivity index (χ1n) is 9.52. The van der Waals surface area contributed by atoms with E-state index in [9.17, 15) is 10.1 Å². The summed E-state index contributed by atoms with van der Waals surface area (Å²) >= 11 is 6.44. The summed E-state index contributed by atoms with van der Waals surface area (Å²) in [6.45, 7) is 4.28. The van der Waals surface area contributed by atoms with Gasteiger partial charge >= 0.3 is 0 Å². The van der Waals surface area contributed by atoms with E-state index in [4.69, 9.17) is 22.1 Å². The minimum absolute atomic E-state index is 0.00926. The van der Waals surface area contributed by atoms with Gasteiger partial charge in [-0.3, -0.25) is 4.79 Å². The number of aromatic nitrogens is 1. The standard InChI is InChI=1S/C24H20ClN3O2/c1-14-7-9-16(10-8-14)13-28-15(2)11-20-22(24(28)29)21(18(12-26)23(27)30-20)17-5-3-4-6-19(17)25/h3-11,21H,13,27H2,1-2H3. The van der Waals surface area contributed by atoms with Crippen LogP contribution in [0, 0.1) is 25.2 Å². The predicted molar refractivity (Wildman–Crippen MR) is 116 cm³/mol. The van der Waals surface area contributed by atoms with Crippen molar-refractivity contribution < 1.29 is 4.74 Å². The molecule has 3 aromatic rings. The highest BCUT2D eigenvalue weighted by Gasteiger charge is 2.35. The van der Waals surface area contributed by atoms with Crippen molar-refractivity contribution in [3.05, 3.63) is 109 Å². The van der Waals surface area contributed by atoms with Gasteiger partial charge in [-0.15, -0.1) is 0 Å². The van der Waals surface area contributed by atoms with E-state index in [1.165, 1.54) is 0 Å². The van der Waals surface area contributed by atoms with E-state index < -0.39 is 5.92 Å². The molecule has 6 heteroatoms. The summed E-state index contributed by atoms with van der Waals surface area (Å²) in [5.74, 6) is -0.339. The van der Waals surface area contributed by atoms with E-state index in [0.717, 1.165) is 16.8 Å². The lowest BCUT2D eigenvalue weighted by atomic mass is 9.84. The fraction of sp³-hybridized carbons (Fsp3) is 0.167. The molecule has 30 heavy (non-hydrogen) atoms. The molecule has 0 aliphatic carbocycles. The van der Waals surface area contributed by atoms with Crippen LogP contribution >= 0.6 is 11.6 Å². The number of pyridine rings is 1. The molecule has 0 saturated carbocycles. The van der Waals surface area contributed by atoms with Gasteiger partial charge in [0.15, 0.2) is 0 Å². The number of benzene rings is 2. The lowest BCUT2D eigenvalue weighted by Gasteiger charge is -2.28. The molecule has 2 aromatic carbocycles. The van der Waals surface area contributed by atoms with Crippen molar-refractivity contribution in [1.29, 1.82) is 5.26 Å². The van der Waals surface area contributed by atoms with Crippen LogP contribution in [0.2, 0.25) is 5.02 Å². The van der Waals surface area contributed by atoms with Gasteiger partial charge in [0.05, 0.1) is 18.0 Å². The fourth-order valence-electron chi connectivity index (χ4n) is 3.78. The van der Waals surface area contributed by atoms with E-state index in [1.807, 2.05) is 44.2 Å². The normalized spacial score (nSPS) is 15.3. The predicted octanol–water partition coefficient (Wildman–Crippen LogP) is 4.39. The molecule has 0 fully saturated rings. The zero-order chi connectivity index (χ0) is 21.4. The van der Waals surface area contributed by atoms with Crippen LogP contribution in [0.5, 0.6) is 5.75 Å². The van der Waals surface area contributed by atoms with Crippen LogP contribution in [0.1, 0.15) is 33.9 Å². The van der Waals surface area contributed by atoms with Crippen molar-refractivity contribution in [2.75, 3.05) is 0 Å². The number of aryl methyl sites for hydroxylation is 2. The van der Waals surface area contributed by atoms with Gasteiger partial charge in [-0.1, -0.05) is 59.6 Å². The zero-order valence-corrected chi connectivity index (χ0v) is 17.4. The number of halogens is 1. The smallest absolute Gasteiger partial charge is 0.259 e. The molecule has 0 amide bonds. The number of nitriles is 1. The number of allylic oxidation sites excluding steroid dienone is 1. The summed E-state index contributed by atoms with van der Waals surface area (Å²) in [7, 11) is 0. The second-order valence-corrected chi connectivity index (χ2v) is 7.79. The summed E-state index contributed by atoms with van der Waals surface area (Å²) in [6, 6.07) is 19.1. The Morgan fingerprint density at radius 3 is 2.53 bits per heavy atom. The second-order valence-electron chi connectivity index (χ2n) is 7.39. The Hall–Kier alpha value is -3.49. The fourth-order valence-corrected chi connectivity index (χ4v) is 4.02. The molecule has 1 aliphatic rings. The Kier molecular flexibility index (Phi) is 5.11. The third kappa shape index (κ3) is 3.36. The molecule has 1 aromatic heterocycles. The van der Waals surface area contributed by atoms with Crippen LogP contribution in [-0.4, -0.2) is 4.57 Å². The van der Waals surface area contributed by atoms with Crippen molar-refractivity contribution in [2.45, 2.75) is 26.3 Å². The third-order valence-corrected chi connectivity index (χ3v) is 5.71. The Morgan fingerprint density at radius 2 is 1.87 bits per heavy atom.